The first-order valence-electron chi connectivity index (χ1n) is 8.95. The summed E-state index contributed by atoms with van der Waals surface area (Å²) in [6.45, 7) is 3.43. The molecule has 0 saturated heterocycles. The van der Waals surface area contributed by atoms with Gasteiger partial charge in [-0.25, -0.2) is 13.4 Å². The van der Waals surface area contributed by atoms with Crippen LogP contribution in [0.1, 0.15) is 50.2 Å². The molecule has 0 spiro atoms. The molecule has 1 heterocycles. The van der Waals surface area contributed by atoms with Crippen LogP contribution >= 0.6 is 11.3 Å². The second-order valence-corrected chi connectivity index (χ2v) is 10.8. The van der Waals surface area contributed by atoms with Crippen molar-refractivity contribution >= 4 is 32.9 Å². The maximum atomic E-state index is 12.5. The van der Waals surface area contributed by atoms with Gasteiger partial charge < -0.3 is 4.74 Å². The zero-order valence-electron chi connectivity index (χ0n) is 15.6. The summed E-state index contributed by atoms with van der Waals surface area (Å²) in [6, 6.07) is 0. The minimum Gasteiger partial charge on any atom is -0.469 e. The topological polar surface area (TPSA) is 90.4 Å². The van der Waals surface area contributed by atoms with E-state index in [2.05, 4.69) is 9.72 Å². The highest BCUT2D eigenvalue weighted by atomic mass is 32.2. The summed E-state index contributed by atoms with van der Waals surface area (Å²) in [5, 5.41) is 2.16. The molecule has 0 aromatic carbocycles. The molecule has 2 rings (SSSR count). The van der Waals surface area contributed by atoms with Crippen LogP contribution in [0.5, 0.6) is 0 Å². The quantitative estimate of drug-likeness (QED) is 0.622. The van der Waals surface area contributed by atoms with Crippen molar-refractivity contribution in [3.05, 3.63) is 16.1 Å². The van der Waals surface area contributed by atoms with Crippen LogP contribution in [0.3, 0.4) is 0 Å². The lowest BCUT2D eigenvalue weighted by atomic mass is 9.80. The van der Waals surface area contributed by atoms with Crippen LogP contribution in [0.25, 0.3) is 0 Å². The van der Waals surface area contributed by atoms with Gasteiger partial charge in [-0.3, -0.25) is 9.59 Å². The Labute approximate surface area is 159 Å². The summed E-state index contributed by atoms with van der Waals surface area (Å²) in [6.07, 6.45) is 3.47. The first-order valence-corrected chi connectivity index (χ1v) is 11.5. The second-order valence-electron chi connectivity index (χ2n) is 7.22. The Morgan fingerprint density at radius 2 is 1.88 bits per heavy atom. The van der Waals surface area contributed by atoms with Gasteiger partial charge in [0.25, 0.3) is 0 Å². The lowest BCUT2D eigenvalue weighted by molar-refractivity contribution is -0.139. The summed E-state index contributed by atoms with van der Waals surface area (Å²) in [7, 11) is -1.69. The number of hydrogen-bond donors (Lipinski definition) is 0. The van der Waals surface area contributed by atoms with Crippen molar-refractivity contribution in [1.82, 2.24) is 4.98 Å². The van der Waals surface area contributed by atoms with Gasteiger partial charge in [0, 0.05) is 11.3 Å². The van der Waals surface area contributed by atoms with Gasteiger partial charge in [0.1, 0.15) is 10.8 Å². The maximum absolute atomic E-state index is 12.5. The van der Waals surface area contributed by atoms with Crippen molar-refractivity contribution in [3.63, 3.8) is 0 Å². The number of nitrogens with zero attached hydrogens (tertiary/aromatic N) is 1. The number of methoxy groups -OCH3 is 1. The largest absolute Gasteiger partial charge is 0.469 e. The number of hydrogen-bond acceptors (Lipinski definition) is 7. The zero-order chi connectivity index (χ0) is 19.3. The van der Waals surface area contributed by atoms with E-state index in [1.54, 1.807) is 19.2 Å². The molecule has 1 aliphatic carbocycles. The molecule has 1 aromatic heterocycles. The zero-order valence-corrected chi connectivity index (χ0v) is 17.2. The van der Waals surface area contributed by atoms with Crippen LogP contribution in [0.4, 0.5) is 0 Å². The van der Waals surface area contributed by atoms with Gasteiger partial charge in [0.2, 0.25) is 0 Å². The van der Waals surface area contributed by atoms with Crippen molar-refractivity contribution in [2.75, 3.05) is 12.9 Å². The van der Waals surface area contributed by atoms with Crippen LogP contribution in [0, 0.1) is 11.8 Å². The van der Waals surface area contributed by atoms with Crippen LogP contribution in [0.15, 0.2) is 5.38 Å². The Hall–Kier alpha value is -1.28. The van der Waals surface area contributed by atoms with Gasteiger partial charge >= 0.3 is 5.97 Å². The number of rotatable bonds is 8. The van der Waals surface area contributed by atoms with E-state index in [-0.39, 0.29) is 47.4 Å². The fraction of sp³-hybridized carbons (Fsp3) is 0.722. The first kappa shape index (κ1) is 21.0. The van der Waals surface area contributed by atoms with E-state index >= 15 is 0 Å². The number of carbonyl (C=O) groups excluding carboxylic acids is 2. The standard InChI is InChI=1S/C18H27NO5S2/c1-12(2)26(22,23)11-13-4-6-14(7-5-13)16(20)9-17-19-15(10-25-17)8-18(21)24-3/h10,12-14H,4-9,11H2,1-3H3. The third-order valence-corrected chi connectivity index (χ3v) is 8.24. The van der Waals surface area contributed by atoms with E-state index in [0.717, 1.165) is 30.7 Å². The molecule has 0 bridgehead atoms. The van der Waals surface area contributed by atoms with Gasteiger partial charge in [-0.05, 0) is 45.4 Å². The Morgan fingerprint density at radius 1 is 1.23 bits per heavy atom. The molecular weight excluding hydrogens is 374 g/mol. The minimum atomic E-state index is -3.02. The molecule has 6 nitrogen and oxygen atoms in total. The third kappa shape index (κ3) is 5.87. The molecule has 0 radical (unpaired) electrons. The Balaban J connectivity index is 1.82. The highest BCUT2D eigenvalue weighted by Crippen LogP contribution is 2.31. The first-order chi connectivity index (χ1) is 12.2. The van der Waals surface area contributed by atoms with Crippen LogP contribution < -0.4 is 0 Å². The maximum Gasteiger partial charge on any atom is 0.311 e. The van der Waals surface area contributed by atoms with E-state index in [1.807, 2.05) is 0 Å². The molecule has 8 heteroatoms. The molecule has 0 unspecified atom stereocenters. The van der Waals surface area contributed by atoms with Crippen molar-refractivity contribution in [1.29, 1.82) is 0 Å². The SMILES string of the molecule is COC(=O)Cc1csc(CC(=O)C2CCC(CS(=O)(=O)C(C)C)CC2)n1. The number of carbonyl (C=O) groups is 2. The van der Waals surface area contributed by atoms with Crippen LogP contribution in [-0.4, -0.2) is 43.3 Å². The summed E-state index contributed by atoms with van der Waals surface area (Å²) >= 11 is 1.39. The highest BCUT2D eigenvalue weighted by Gasteiger charge is 2.30. The fourth-order valence-electron chi connectivity index (χ4n) is 3.20. The number of ether oxygens (including phenoxy) is 1. The number of sulfone groups is 1. The number of thiazole rings is 1. The van der Waals surface area contributed by atoms with Gasteiger partial charge in [-0.1, -0.05) is 0 Å². The second kappa shape index (κ2) is 9.08. The lowest BCUT2D eigenvalue weighted by Crippen LogP contribution is -2.29. The number of esters is 1. The summed E-state index contributed by atoms with van der Waals surface area (Å²) < 4.78 is 28.7. The van der Waals surface area contributed by atoms with Crippen molar-refractivity contribution in [2.45, 2.75) is 57.6 Å². The van der Waals surface area contributed by atoms with E-state index in [4.69, 9.17) is 0 Å². The molecule has 0 N–H and O–H groups in total. The third-order valence-electron chi connectivity index (χ3n) is 4.97. The monoisotopic (exact) mass is 401 g/mol. The summed E-state index contributed by atoms with van der Waals surface area (Å²) in [5.74, 6) is 0.200. The van der Waals surface area contributed by atoms with Gasteiger partial charge in [-0.2, -0.15) is 0 Å². The van der Waals surface area contributed by atoms with Crippen molar-refractivity contribution in [2.24, 2.45) is 11.8 Å². The van der Waals surface area contributed by atoms with Gasteiger partial charge in [-0.15, -0.1) is 11.3 Å². The minimum absolute atomic E-state index is 0.0130. The van der Waals surface area contributed by atoms with Crippen LogP contribution in [0.2, 0.25) is 0 Å². The molecule has 0 aliphatic heterocycles. The average Bonchev–Trinajstić information content (AvgIpc) is 3.01. The lowest BCUT2D eigenvalue weighted by Gasteiger charge is -2.27. The van der Waals surface area contributed by atoms with E-state index in [1.165, 1.54) is 18.4 Å². The Bertz CT molecular complexity index is 731. The molecule has 1 aliphatic rings. The molecule has 1 aromatic rings. The van der Waals surface area contributed by atoms with E-state index in [9.17, 15) is 18.0 Å². The summed E-state index contributed by atoms with van der Waals surface area (Å²) in [5.41, 5.74) is 0.632. The van der Waals surface area contributed by atoms with Crippen LogP contribution in [-0.2, 0) is 37.0 Å². The Kier molecular flexibility index (Phi) is 7.34. The molecule has 1 saturated carbocycles. The predicted molar refractivity (Wildman–Crippen MR) is 101 cm³/mol. The smallest absolute Gasteiger partial charge is 0.311 e. The molecule has 1 fully saturated rings. The normalized spacial score (nSPS) is 20.9. The molecule has 26 heavy (non-hydrogen) atoms. The highest BCUT2D eigenvalue weighted by molar-refractivity contribution is 7.91. The molecule has 0 amide bonds. The number of aromatic nitrogens is 1. The summed E-state index contributed by atoms with van der Waals surface area (Å²) in [4.78, 5) is 28.1. The Morgan fingerprint density at radius 3 is 2.46 bits per heavy atom. The average molecular weight is 402 g/mol. The van der Waals surface area contributed by atoms with E-state index in [0.29, 0.717) is 5.69 Å². The molecule has 146 valence electrons. The molecular formula is C18H27NO5S2. The van der Waals surface area contributed by atoms with E-state index < -0.39 is 9.84 Å². The number of Topliss-reactive ketones (excluding diaryl/α,β-unsaturated/α-hetero) is 1. The van der Waals surface area contributed by atoms with Crippen molar-refractivity contribution in [3.8, 4) is 0 Å². The number of ketones is 1. The predicted octanol–water partition coefficient (Wildman–Crippen LogP) is 2.60. The van der Waals surface area contributed by atoms with Crippen molar-refractivity contribution < 1.29 is 22.7 Å². The fourth-order valence-corrected chi connectivity index (χ4v) is 5.38. The van der Waals surface area contributed by atoms with Gasteiger partial charge in [0.15, 0.2) is 9.84 Å². The molecule has 0 atom stereocenters. The van der Waals surface area contributed by atoms with Gasteiger partial charge in [0.05, 0.1) is 36.6 Å².